The highest BCUT2D eigenvalue weighted by Gasteiger charge is 2.07. The minimum atomic E-state index is 0.374. The van der Waals surface area contributed by atoms with Crippen molar-refractivity contribution in [2.24, 2.45) is 4.99 Å². The number of nitrogens with one attached hydrogen (secondary N) is 2. The summed E-state index contributed by atoms with van der Waals surface area (Å²) in [4.78, 5) is 4.41. The number of rotatable bonds is 6. The Kier molecular flexibility index (Phi) is 5.97. The Bertz CT molecular complexity index is 395. The van der Waals surface area contributed by atoms with Crippen LogP contribution in [0.4, 0.5) is 0 Å². The Hall–Kier alpha value is -1.78. The van der Waals surface area contributed by atoms with E-state index in [4.69, 9.17) is 4.52 Å². The second kappa shape index (κ2) is 7.53. The van der Waals surface area contributed by atoms with Crippen LogP contribution in [-0.4, -0.2) is 24.2 Å². The lowest BCUT2D eigenvalue weighted by atomic mass is 10.1. The summed E-state index contributed by atoms with van der Waals surface area (Å²) in [6.45, 7) is 11.8. The summed E-state index contributed by atoms with van der Waals surface area (Å²) in [6.07, 6.45) is 1.79. The summed E-state index contributed by atoms with van der Waals surface area (Å²) >= 11 is 0. The average Bonchev–Trinajstić information content (AvgIpc) is 2.81. The van der Waals surface area contributed by atoms with Gasteiger partial charge in [0, 0.05) is 19.2 Å². The van der Waals surface area contributed by atoms with E-state index >= 15 is 0 Å². The molecule has 0 atom stereocenters. The van der Waals surface area contributed by atoms with Crippen LogP contribution >= 0.6 is 0 Å². The van der Waals surface area contributed by atoms with Gasteiger partial charge in [-0.2, -0.15) is 0 Å². The fourth-order valence-corrected chi connectivity index (χ4v) is 1.34. The monoisotopic (exact) mass is 250 g/mol. The zero-order valence-electron chi connectivity index (χ0n) is 11.4. The van der Waals surface area contributed by atoms with E-state index in [1.165, 1.54) is 0 Å². The number of aliphatic imine (C=N–C) groups is 1. The number of hydrogen-bond acceptors (Lipinski definition) is 3. The second-order valence-corrected chi connectivity index (χ2v) is 4.24. The van der Waals surface area contributed by atoms with Gasteiger partial charge in [0.25, 0.3) is 0 Å². The summed E-state index contributed by atoms with van der Waals surface area (Å²) in [6, 6.07) is 1.95. The van der Waals surface area contributed by atoms with Crippen LogP contribution in [0.5, 0.6) is 0 Å². The van der Waals surface area contributed by atoms with Gasteiger partial charge >= 0.3 is 0 Å². The molecule has 0 spiro atoms. The molecule has 1 aromatic rings. The van der Waals surface area contributed by atoms with E-state index in [1.54, 1.807) is 6.08 Å². The van der Waals surface area contributed by atoms with Crippen LogP contribution in [0, 0.1) is 0 Å². The third kappa shape index (κ3) is 4.61. The van der Waals surface area contributed by atoms with Crippen molar-refractivity contribution in [1.29, 1.82) is 0 Å². The maximum Gasteiger partial charge on any atom is 0.191 e. The number of guanidine groups is 1. The second-order valence-electron chi connectivity index (χ2n) is 4.24. The van der Waals surface area contributed by atoms with E-state index in [-0.39, 0.29) is 0 Å². The number of nitrogens with zero attached hydrogens (tertiary/aromatic N) is 2. The third-order valence-electron chi connectivity index (χ3n) is 2.32. The minimum absolute atomic E-state index is 0.374. The molecule has 5 heteroatoms. The maximum absolute atomic E-state index is 5.23. The SMILES string of the molecule is C=CCNC(=NCc1cc(C(C)C)no1)NCC. The number of hydrogen-bond donors (Lipinski definition) is 2. The first-order valence-corrected chi connectivity index (χ1v) is 6.26. The van der Waals surface area contributed by atoms with Gasteiger partial charge in [0.1, 0.15) is 6.54 Å². The van der Waals surface area contributed by atoms with E-state index in [1.807, 2.05) is 13.0 Å². The molecule has 0 saturated carbocycles. The fourth-order valence-electron chi connectivity index (χ4n) is 1.34. The summed E-state index contributed by atoms with van der Waals surface area (Å²) in [5, 5.41) is 10.3. The molecule has 0 aliphatic carbocycles. The molecule has 1 aromatic heterocycles. The fraction of sp³-hybridized carbons (Fsp3) is 0.538. The molecule has 0 fully saturated rings. The van der Waals surface area contributed by atoms with E-state index < -0.39 is 0 Å². The first-order chi connectivity index (χ1) is 8.67. The van der Waals surface area contributed by atoms with Crippen molar-refractivity contribution in [3.63, 3.8) is 0 Å². The van der Waals surface area contributed by atoms with E-state index in [0.717, 1.165) is 24.0 Å². The first kappa shape index (κ1) is 14.3. The largest absolute Gasteiger partial charge is 0.359 e. The van der Waals surface area contributed by atoms with Crippen LogP contribution in [-0.2, 0) is 6.54 Å². The Balaban J connectivity index is 2.59. The first-order valence-electron chi connectivity index (χ1n) is 6.26. The van der Waals surface area contributed by atoms with Crippen molar-refractivity contribution in [3.8, 4) is 0 Å². The molecule has 1 rings (SSSR count). The predicted octanol–water partition coefficient (Wildman–Crippen LogP) is 2.04. The maximum atomic E-state index is 5.23. The van der Waals surface area contributed by atoms with Crippen LogP contribution < -0.4 is 10.6 Å². The molecule has 0 aliphatic rings. The minimum Gasteiger partial charge on any atom is -0.359 e. The van der Waals surface area contributed by atoms with Crippen LogP contribution in [0.3, 0.4) is 0 Å². The molecular formula is C13H22N4O. The van der Waals surface area contributed by atoms with Gasteiger partial charge in [-0.15, -0.1) is 6.58 Å². The van der Waals surface area contributed by atoms with Crippen molar-refractivity contribution in [1.82, 2.24) is 15.8 Å². The quantitative estimate of drug-likeness (QED) is 0.461. The Morgan fingerprint density at radius 3 is 2.89 bits per heavy atom. The van der Waals surface area contributed by atoms with Gasteiger partial charge in [-0.3, -0.25) is 0 Å². The van der Waals surface area contributed by atoms with E-state index in [2.05, 4.69) is 41.2 Å². The lowest BCUT2D eigenvalue weighted by Gasteiger charge is -2.08. The van der Waals surface area contributed by atoms with Gasteiger partial charge in [-0.25, -0.2) is 4.99 Å². The highest BCUT2D eigenvalue weighted by Crippen LogP contribution is 2.14. The molecule has 0 aliphatic heterocycles. The highest BCUT2D eigenvalue weighted by molar-refractivity contribution is 5.79. The van der Waals surface area contributed by atoms with Gasteiger partial charge in [0.15, 0.2) is 11.7 Å². The molecule has 2 N–H and O–H groups in total. The van der Waals surface area contributed by atoms with Crippen LogP contribution in [0.1, 0.15) is 38.1 Å². The smallest absolute Gasteiger partial charge is 0.191 e. The van der Waals surface area contributed by atoms with Crippen molar-refractivity contribution >= 4 is 5.96 Å². The summed E-state index contributed by atoms with van der Waals surface area (Å²) in [5.74, 6) is 1.90. The normalized spacial score (nSPS) is 11.7. The van der Waals surface area contributed by atoms with Gasteiger partial charge in [0.2, 0.25) is 0 Å². The molecule has 1 heterocycles. The molecule has 18 heavy (non-hydrogen) atoms. The zero-order chi connectivity index (χ0) is 13.4. The Morgan fingerprint density at radius 1 is 1.56 bits per heavy atom. The molecule has 0 unspecified atom stereocenters. The van der Waals surface area contributed by atoms with E-state index in [0.29, 0.717) is 19.0 Å². The average molecular weight is 250 g/mol. The van der Waals surface area contributed by atoms with Crippen LogP contribution in [0.2, 0.25) is 0 Å². The van der Waals surface area contributed by atoms with E-state index in [9.17, 15) is 0 Å². The zero-order valence-corrected chi connectivity index (χ0v) is 11.4. The predicted molar refractivity (Wildman–Crippen MR) is 73.6 cm³/mol. The van der Waals surface area contributed by atoms with Gasteiger partial charge in [-0.1, -0.05) is 25.1 Å². The Morgan fingerprint density at radius 2 is 2.33 bits per heavy atom. The lowest BCUT2D eigenvalue weighted by Crippen LogP contribution is -2.37. The molecule has 0 amide bonds. The number of aromatic nitrogens is 1. The third-order valence-corrected chi connectivity index (χ3v) is 2.32. The summed E-state index contributed by atoms with van der Waals surface area (Å²) in [5.41, 5.74) is 0.962. The molecular weight excluding hydrogens is 228 g/mol. The van der Waals surface area contributed by atoms with Crippen molar-refractivity contribution < 1.29 is 4.52 Å². The molecule has 0 aromatic carbocycles. The van der Waals surface area contributed by atoms with Gasteiger partial charge < -0.3 is 15.2 Å². The molecule has 5 nitrogen and oxygen atoms in total. The molecule has 0 saturated heterocycles. The molecule has 100 valence electrons. The summed E-state index contributed by atoms with van der Waals surface area (Å²) in [7, 11) is 0. The highest BCUT2D eigenvalue weighted by atomic mass is 16.5. The Labute approximate surface area is 108 Å². The van der Waals surface area contributed by atoms with Crippen molar-refractivity contribution in [2.75, 3.05) is 13.1 Å². The van der Waals surface area contributed by atoms with Crippen LogP contribution in [0.25, 0.3) is 0 Å². The molecule has 0 radical (unpaired) electrons. The lowest BCUT2D eigenvalue weighted by molar-refractivity contribution is 0.376. The topological polar surface area (TPSA) is 62.5 Å². The van der Waals surface area contributed by atoms with Crippen molar-refractivity contribution in [2.45, 2.75) is 33.2 Å². The summed E-state index contributed by atoms with van der Waals surface area (Å²) < 4.78 is 5.23. The van der Waals surface area contributed by atoms with Gasteiger partial charge in [-0.05, 0) is 12.8 Å². The van der Waals surface area contributed by atoms with Crippen LogP contribution in [0.15, 0.2) is 28.2 Å². The van der Waals surface area contributed by atoms with Crippen molar-refractivity contribution in [3.05, 3.63) is 30.2 Å². The standard InChI is InChI=1S/C13H22N4O/c1-5-7-15-13(14-6-2)16-9-11-8-12(10(3)4)17-18-11/h5,8,10H,1,6-7,9H2,2-4H3,(H2,14,15,16). The van der Waals surface area contributed by atoms with Gasteiger partial charge in [0.05, 0.1) is 5.69 Å². The molecule has 0 bridgehead atoms.